The Kier molecular flexibility index (Phi) is 4.74. The van der Waals surface area contributed by atoms with Gasteiger partial charge in [-0.15, -0.1) is 11.3 Å². The Bertz CT molecular complexity index is 1110. The van der Waals surface area contributed by atoms with Crippen LogP contribution in [0.4, 0.5) is 0 Å². The molecule has 1 aromatic heterocycles. The summed E-state index contributed by atoms with van der Waals surface area (Å²) in [7, 11) is 0. The predicted molar refractivity (Wildman–Crippen MR) is 116 cm³/mol. The summed E-state index contributed by atoms with van der Waals surface area (Å²) in [5, 5.41) is 4.23. The van der Waals surface area contributed by atoms with Crippen LogP contribution in [0, 0.1) is 0 Å². The van der Waals surface area contributed by atoms with Gasteiger partial charge in [-0.1, -0.05) is 48.5 Å². The van der Waals surface area contributed by atoms with E-state index in [-0.39, 0.29) is 11.8 Å². The zero-order valence-corrected chi connectivity index (χ0v) is 16.6. The molecule has 0 bridgehead atoms. The van der Waals surface area contributed by atoms with E-state index in [2.05, 4.69) is 16.4 Å². The van der Waals surface area contributed by atoms with E-state index in [9.17, 15) is 4.79 Å². The molecular weight excluding hydrogens is 380 g/mol. The monoisotopic (exact) mass is 400 g/mol. The minimum Gasteiger partial charge on any atom is -0.457 e. The molecule has 0 atom stereocenters. The number of amides is 1. The van der Waals surface area contributed by atoms with Crippen molar-refractivity contribution in [3.05, 3.63) is 88.9 Å². The van der Waals surface area contributed by atoms with Crippen LogP contribution in [0.25, 0.3) is 10.2 Å². The number of hydrogen-bond acceptors (Lipinski definition) is 4. The number of benzene rings is 3. The van der Waals surface area contributed by atoms with Crippen molar-refractivity contribution in [1.29, 1.82) is 0 Å². The molecule has 0 radical (unpaired) electrons. The first kappa shape index (κ1) is 17.9. The van der Waals surface area contributed by atoms with E-state index >= 15 is 0 Å². The molecule has 144 valence electrons. The number of nitrogens with one attached hydrogen (secondary N) is 1. The van der Waals surface area contributed by atoms with Gasteiger partial charge in [0.1, 0.15) is 11.5 Å². The van der Waals surface area contributed by atoms with E-state index in [1.54, 1.807) is 11.3 Å². The van der Waals surface area contributed by atoms with Crippen LogP contribution in [-0.4, -0.2) is 17.4 Å². The fourth-order valence-electron chi connectivity index (χ4n) is 3.77. The second kappa shape index (κ2) is 7.68. The van der Waals surface area contributed by atoms with Crippen LogP contribution in [-0.2, 0) is 11.2 Å². The van der Waals surface area contributed by atoms with Crippen molar-refractivity contribution in [3.63, 3.8) is 0 Å². The first-order valence-corrected chi connectivity index (χ1v) is 10.6. The highest BCUT2D eigenvalue weighted by molar-refractivity contribution is 7.18. The van der Waals surface area contributed by atoms with Gasteiger partial charge in [-0.3, -0.25) is 4.79 Å². The number of fused-ring (bicyclic) bond motifs is 3. The van der Waals surface area contributed by atoms with E-state index in [1.807, 2.05) is 66.7 Å². The number of thiazole rings is 1. The Balaban J connectivity index is 1.27. The normalized spacial score (nSPS) is 12.8. The number of nitrogens with zero attached hydrogens (tertiary/aromatic N) is 1. The molecule has 1 aliphatic rings. The molecular formula is C24H20N2O2S. The molecule has 3 aromatic carbocycles. The topological polar surface area (TPSA) is 51.2 Å². The Hall–Kier alpha value is -3.18. The molecule has 0 aliphatic carbocycles. The summed E-state index contributed by atoms with van der Waals surface area (Å²) in [6.45, 7) is 0.621. The lowest BCUT2D eigenvalue weighted by Crippen LogP contribution is -2.32. The Morgan fingerprint density at radius 2 is 1.59 bits per heavy atom. The molecule has 4 aromatic rings. The van der Waals surface area contributed by atoms with Crippen LogP contribution in [0.3, 0.4) is 0 Å². The number of rotatable bonds is 5. The van der Waals surface area contributed by atoms with E-state index in [0.29, 0.717) is 6.54 Å². The highest BCUT2D eigenvalue weighted by Crippen LogP contribution is 2.43. The average Bonchev–Trinajstić information content (AvgIpc) is 3.17. The first-order chi connectivity index (χ1) is 14.3. The molecule has 29 heavy (non-hydrogen) atoms. The summed E-state index contributed by atoms with van der Waals surface area (Å²) in [5.41, 5.74) is 2.87. The number of aromatic nitrogens is 1. The van der Waals surface area contributed by atoms with Crippen LogP contribution in [0.1, 0.15) is 28.5 Å². The predicted octanol–water partition coefficient (Wildman–Crippen LogP) is 5.28. The van der Waals surface area contributed by atoms with Crippen molar-refractivity contribution in [2.24, 2.45) is 0 Å². The zero-order valence-electron chi connectivity index (χ0n) is 15.8. The number of hydrogen-bond donors (Lipinski definition) is 1. The maximum atomic E-state index is 13.1. The summed E-state index contributed by atoms with van der Waals surface area (Å²) in [4.78, 5) is 17.8. The average molecular weight is 401 g/mol. The second-order valence-corrected chi connectivity index (χ2v) is 8.20. The lowest BCUT2D eigenvalue weighted by Gasteiger charge is -2.27. The molecule has 0 spiro atoms. The van der Waals surface area contributed by atoms with Gasteiger partial charge < -0.3 is 10.1 Å². The molecule has 0 saturated carbocycles. The fourth-order valence-corrected chi connectivity index (χ4v) is 4.78. The highest BCUT2D eigenvalue weighted by Gasteiger charge is 2.32. The van der Waals surface area contributed by atoms with Crippen molar-refractivity contribution in [2.75, 3.05) is 6.54 Å². The molecule has 5 heteroatoms. The number of ether oxygens (including phenoxy) is 1. The first-order valence-electron chi connectivity index (χ1n) is 9.77. The highest BCUT2D eigenvalue weighted by atomic mass is 32.1. The van der Waals surface area contributed by atoms with E-state index < -0.39 is 0 Å². The minimum atomic E-state index is -0.349. The van der Waals surface area contributed by atoms with Gasteiger partial charge in [0.25, 0.3) is 0 Å². The smallest absolute Gasteiger partial charge is 0.232 e. The number of para-hydroxylation sites is 3. The maximum Gasteiger partial charge on any atom is 0.232 e. The number of aryl methyl sites for hydroxylation is 1. The van der Waals surface area contributed by atoms with E-state index in [4.69, 9.17) is 4.74 Å². The lowest BCUT2D eigenvalue weighted by molar-refractivity contribution is -0.121. The maximum absolute atomic E-state index is 13.1. The van der Waals surface area contributed by atoms with E-state index in [0.717, 1.165) is 46.0 Å². The van der Waals surface area contributed by atoms with E-state index in [1.165, 1.54) is 4.70 Å². The third-order valence-corrected chi connectivity index (χ3v) is 6.24. The van der Waals surface area contributed by atoms with Gasteiger partial charge in [-0.25, -0.2) is 4.98 Å². The standard InChI is InChI=1S/C24H20N2O2S/c27-24(25-15-7-14-22-26-18-10-3-6-13-21(18)29-22)23-16-8-1-4-11-19(16)28-20-12-5-2-9-17(20)23/h1-6,8-13,23H,7,14-15H2,(H,25,27). The molecule has 2 heterocycles. The molecule has 4 nitrogen and oxygen atoms in total. The summed E-state index contributed by atoms with van der Waals surface area (Å²) in [6, 6.07) is 23.7. The van der Waals surface area contributed by atoms with Crippen LogP contribution in [0.2, 0.25) is 0 Å². The summed E-state index contributed by atoms with van der Waals surface area (Å²) in [6.07, 6.45) is 1.72. The number of carbonyl (C=O) groups is 1. The third kappa shape index (κ3) is 3.49. The summed E-state index contributed by atoms with van der Waals surface area (Å²) < 4.78 is 7.19. The van der Waals surface area contributed by atoms with Gasteiger partial charge >= 0.3 is 0 Å². The molecule has 1 N–H and O–H groups in total. The van der Waals surface area contributed by atoms with Crippen LogP contribution < -0.4 is 10.1 Å². The molecule has 1 aliphatic heterocycles. The summed E-state index contributed by atoms with van der Waals surface area (Å²) >= 11 is 1.73. The molecule has 0 fully saturated rings. The Labute approximate surface area is 173 Å². The van der Waals surface area contributed by atoms with Crippen LogP contribution in [0.15, 0.2) is 72.8 Å². The van der Waals surface area contributed by atoms with Crippen molar-refractivity contribution < 1.29 is 9.53 Å². The van der Waals surface area contributed by atoms with Gasteiger partial charge in [0.2, 0.25) is 5.91 Å². The second-order valence-electron chi connectivity index (χ2n) is 7.08. The van der Waals surface area contributed by atoms with Crippen LogP contribution in [0.5, 0.6) is 11.5 Å². The Morgan fingerprint density at radius 1 is 0.931 bits per heavy atom. The fraction of sp³-hybridized carbons (Fsp3) is 0.167. The Morgan fingerprint density at radius 3 is 2.31 bits per heavy atom. The van der Waals surface area contributed by atoms with Crippen molar-refractivity contribution in [2.45, 2.75) is 18.8 Å². The molecule has 5 rings (SSSR count). The quantitative estimate of drug-likeness (QED) is 0.464. The zero-order chi connectivity index (χ0) is 19.6. The van der Waals surface area contributed by atoms with Gasteiger partial charge in [-0.05, 0) is 30.7 Å². The summed E-state index contributed by atoms with van der Waals surface area (Å²) in [5.74, 6) is 1.16. The van der Waals surface area contributed by atoms with Crippen molar-refractivity contribution in [3.8, 4) is 11.5 Å². The van der Waals surface area contributed by atoms with Gasteiger partial charge in [0.15, 0.2) is 0 Å². The third-order valence-electron chi connectivity index (χ3n) is 5.15. The van der Waals surface area contributed by atoms with Gasteiger partial charge in [0, 0.05) is 24.1 Å². The molecule has 0 unspecified atom stereocenters. The molecule has 1 amide bonds. The van der Waals surface area contributed by atoms with Crippen LogP contribution >= 0.6 is 11.3 Å². The van der Waals surface area contributed by atoms with Gasteiger partial charge in [-0.2, -0.15) is 0 Å². The largest absolute Gasteiger partial charge is 0.457 e. The van der Waals surface area contributed by atoms with Gasteiger partial charge in [0.05, 0.1) is 21.1 Å². The molecule has 0 saturated heterocycles. The van der Waals surface area contributed by atoms with Crippen molar-refractivity contribution >= 4 is 27.5 Å². The van der Waals surface area contributed by atoms with Crippen molar-refractivity contribution in [1.82, 2.24) is 10.3 Å². The minimum absolute atomic E-state index is 0.0116. The lowest BCUT2D eigenvalue weighted by atomic mass is 9.87. The SMILES string of the molecule is O=C(NCCCc1nc2ccccc2s1)C1c2ccccc2Oc2ccccc21. The number of carbonyl (C=O) groups excluding carboxylic acids is 1.